The van der Waals surface area contributed by atoms with E-state index in [1.807, 2.05) is 25.1 Å². The average molecular weight is 372 g/mol. The van der Waals surface area contributed by atoms with Gasteiger partial charge in [-0.15, -0.1) is 0 Å². The molecule has 134 valence electrons. The number of nitrogens with one attached hydrogen (secondary N) is 1. The fourth-order valence-corrected chi connectivity index (χ4v) is 2.53. The van der Waals surface area contributed by atoms with Gasteiger partial charge in [-0.2, -0.15) is 14.9 Å². The largest absolute Gasteiger partial charge is 0.493 e. The van der Waals surface area contributed by atoms with Gasteiger partial charge in [-0.3, -0.25) is 0 Å². The topological polar surface area (TPSA) is 64.4 Å². The van der Waals surface area contributed by atoms with Crippen molar-refractivity contribution in [2.24, 2.45) is 5.10 Å². The highest BCUT2D eigenvalue weighted by molar-refractivity contribution is 7.71. The molecule has 2 aromatic carbocycles. The monoisotopic (exact) mass is 372 g/mol. The van der Waals surface area contributed by atoms with Gasteiger partial charge in [-0.25, -0.2) is 9.49 Å². The molecule has 0 aliphatic rings. The lowest BCUT2D eigenvalue weighted by Gasteiger charge is -2.09. The minimum Gasteiger partial charge on any atom is -0.493 e. The van der Waals surface area contributed by atoms with Crippen LogP contribution in [0.15, 0.2) is 47.6 Å². The maximum Gasteiger partial charge on any atom is 0.216 e. The molecule has 3 rings (SSSR count). The molecule has 0 spiro atoms. The first-order chi connectivity index (χ1) is 12.6. The van der Waals surface area contributed by atoms with Crippen LogP contribution in [0.1, 0.15) is 12.5 Å². The summed E-state index contributed by atoms with van der Waals surface area (Å²) in [6.45, 7) is 2.46. The number of hydrogen-bond donors (Lipinski definition) is 1. The minimum absolute atomic E-state index is 0.320. The fourth-order valence-electron chi connectivity index (χ4n) is 2.35. The van der Waals surface area contributed by atoms with E-state index in [0.29, 0.717) is 34.3 Å². The summed E-state index contributed by atoms with van der Waals surface area (Å²) in [5, 5.41) is 11.3. The summed E-state index contributed by atoms with van der Waals surface area (Å²) < 4.78 is 25.8. The molecule has 26 heavy (non-hydrogen) atoms. The van der Waals surface area contributed by atoms with E-state index in [0.717, 1.165) is 5.56 Å². The van der Waals surface area contributed by atoms with Gasteiger partial charge in [0.2, 0.25) is 4.77 Å². The summed E-state index contributed by atoms with van der Waals surface area (Å²) in [7, 11) is 1.58. The van der Waals surface area contributed by atoms with Crippen LogP contribution in [-0.2, 0) is 0 Å². The van der Waals surface area contributed by atoms with Gasteiger partial charge in [0.1, 0.15) is 5.82 Å². The fraction of sp³-hybridized carbons (Fsp3) is 0.167. The van der Waals surface area contributed by atoms with Gasteiger partial charge < -0.3 is 9.47 Å². The van der Waals surface area contributed by atoms with Crippen molar-refractivity contribution in [2.45, 2.75) is 6.92 Å². The zero-order valence-electron chi connectivity index (χ0n) is 14.3. The highest BCUT2D eigenvalue weighted by atomic mass is 32.1. The quantitative estimate of drug-likeness (QED) is 0.524. The van der Waals surface area contributed by atoms with Gasteiger partial charge >= 0.3 is 0 Å². The summed E-state index contributed by atoms with van der Waals surface area (Å²) in [5.41, 5.74) is 1.50. The van der Waals surface area contributed by atoms with Crippen molar-refractivity contribution in [1.82, 2.24) is 14.9 Å². The molecule has 0 atom stereocenters. The summed E-state index contributed by atoms with van der Waals surface area (Å²) >= 11 is 5.23. The molecule has 1 aromatic heterocycles. The number of aromatic amines is 1. The van der Waals surface area contributed by atoms with Gasteiger partial charge in [-0.1, -0.05) is 0 Å². The van der Waals surface area contributed by atoms with Crippen LogP contribution in [0, 0.1) is 10.6 Å². The maximum atomic E-state index is 13.1. The van der Waals surface area contributed by atoms with Crippen LogP contribution in [0.5, 0.6) is 11.5 Å². The maximum absolute atomic E-state index is 13.1. The smallest absolute Gasteiger partial charge is 0.216 e. The van der Waals surface area contributed by atoms with Crippen LogP contribution in [0.4, 0.5) is 4.39 Å². The zero-order chi connectivity index (χ0) is 18.5. The number of H-pyrrole nitrogens is 1. The van der Waals surface area contributed by atoms with Crippen molar-refractivity contribution in [3.05, 3.63) is 58.6 Å². The molecular weight excluding hydrogens is 355 g/mol. The van der Waals surface area contributed by atoms with E-state index in [9.17, 15) is 4.39 Å². The van der Waals surface area contributed by atoms with Crippen molar-refractivity contribution < 1.29 is 13.9 Å². The Kier molecular flexibility index (Phi) is 5.43. The lowest BCUT2D eigenvalue weighted by Crippen LogP contribution is -1.98. The molecule has 0 unspecified atom stereocenters. The van der Waals surface area contributed by atoms with E-state index in [-0.39, 0.29) is 5.82 Å². The first-order valence-electron chi connectivity index (χ1n) is 7.91. The zero-order valence-corrected chi connectivity index (χ0v) is 15.1. The van der Waals surface area contributed by atoms with E-state index in [1.165, 1.54) is 16.8 Å². The van der Waals surface area contributed by atoms with Gasteiger partial charge in [0.15, 0.2) is 17.3 Å². The number of rotatable bonds is 6. The van der Waals surface area contributed by atoms with Gasteiger partial charge in [0, 0.05) is 5.56 Å². The number of hydrogen-bond acceptors (Lipinski definition) is 5. The van der Waals surface area contributed by atoms with Crippen LogP contribution in [0.25, 0.3) is 11.4 Å². The van der Waals surface area contributed by atoms with Crippen LogP contribution < -0.4 is 9.47 Å². The van der Waals surface area contributed by atoms with Gasteiger partial charge in [0.25, 0.3) is 0 Å². The molecular formula is C18H17FN4O2S. The van der Waals surface area contributed by atoms with E-state index < -0.39 is 0 Å². The molecule has 1 heterocycles. The molecule has 0 saturated heterocycles. The number of aromatic nitrogens is 3. The number of nitrogens with zero attached hydrogens (tertiary/aromatic N) is 3. The molecule has 0 saturated carbocycles. The van der Waals surface area contributed by atoms with Crippen LogP contribution in [-0.4, -0.2) is 34.8 Å². The normalized spacial score (nSPS) is 11.0. The molecule has 0 fully saturated rings. The van der Waals surface area contributed by atoms with Gasteiger partial charge in [-0.05, 0) is 67.2 Å². The first kappa shape index (κ1) is 17.8. The second-order valence-corrected chi connectivity index (χ2v) is 5.65. The third kappa shape index (κ3) is 3.80. The molecule has 0 bridgehead atoms. The van der Waals surface area contributed by atoms with Crippen molar-refractivity contribution in [1.29, 1.82) is 0 Å². The molecule has 0 aliphatic heterocycles. The standard InChI is InChI=1S/C18H17FN4O2S/c1-3-25-15-9-4-12(10-16(15)24-2)11-20-23-17(21-22-18(23)26)13-5-7-14(19)8-6-13/h4-11H,3H2,1-2H3,(H,22,26)/b20-11-. The molecule has 3 aromatic rings. The Bertz CT molecular complexity index is 980. The Morgan fingerprint density at radius 2 is 2.00 bits per heavy atom. The Morgan fingerprint density at radius 1 is 1.23 bits per heavy atom. The SMILES string of the molecule is CCOc1ccc(/C=N\n2c(-c3ccc(F)cc3)n[nH]c2=S)cc1OC. The predicted octanol–water partition coefficient (Wildman–Crippen LogP) is 4.04. The van der Waals surface area contributed by atoms with E-state index in [2.05, 4.69) is 15.3 Å². The molecule has 1 N–H and O–H groups in total. The van der Waals surface area contributed by atoms with Crippen molar-refractivity contribution in [3.8, 4) is 22.9 Å². The average Bonchev–Trinajstić information content (AvgIpc) is 3.02. The summed E-state index contributed by atoms with van der Waals surface area (Å²) in [4.78, 5) is 0. The van der Waals surface area contributed by atoms with Crippen molar-refractivity contribution >= 4 is 18.4 Å². The third-order valence-corrected chi connectivity index (χ3v) is 3.83. The van der Waals surface area contributed by atoms with Crippen LogP contribution in [0.3, 0.4) is 0 Å². The summed E-state index contributed by atoms with van der Waals surface area (Å²) in [5.74, 6) is 1.45. The molecule has 0 aliphatic carbocycles. The highest BCUT2D eigenvalue weighted by Gasteiger charge is 2.09. The Balaban J connectivity index is 1.93. The van der Waals surface area contributed by atoms with Crippen molar-refractivity contribution in [2.75, 3.05) is 13.7 Å². The minimum atomic E-state index is -0.320. The first-order valence-corrected chi connectivity index (χ1v) is 8.31. The van der Waals surface area contributed by atoms with E-state index in [1.54, 1.807) is 25.5 Å². The highest BCUT2D eigenvalue weighted by Crippen LogP contribution is 2.27. The Hall–Kier alpha value is -3.00. The lowest BCUT2D eigenvalue weighted by molar-refractivity contribution is 0.311. The van der Waals surface area contributed by atoms with Crippen LogP contribution >= 0.6 is 12.2 Å². The third-order valence-electron chi connectivity index (χ3n) is 3.56. The summed E-state index contributed by atoms with van der Waals surface area (Å²) in [6, 6.07) is 11.4. The molecule has 6 nitrogen and oxygen atoms in total. The van der Waals surface area contributed by atoms with E-state index >= 15 is 0 Å². The second-order valence-electron chi connectivity index (χ2n) is 5.26. The molecule has 0 amide bonds. The second kappa shape index (κ2) is 7.92. The Labute approximate surface area is 154 Å². The number of benzene rings is 2. The molecule has 0 radical (unpaired) electrons. The van der Waals surface area contributed by atoms with Crippen LogP contribution in [0.2, 0.25) is 0 Å². The lowest BCUT2D eigenvalue weighted by atomic mass is 10.2. The molecule has 8 heteroatoms. The predicted molar refractivity (Wildman–Crippen MR) is 100.0 cm³/mol. The Morgan fingerprint density at radius 3 is 2.69 bits per heavy atom. The summed E-state index contributed by atoms with van der Waals surface area (Å²) in [6.07, 6.45) is 1.64. The number of methoxy groups -OCH3 is 1. The van der Waals surface area contributed by atoms with Crippen molar-refractivity contribution in [3.63, 3.8) is 0 Å². The van der Waals surface area contributed by atoms with Gasteiger partial charge in [0.05, 0.1) is 19.9 Å². The number of ether oxygens (including phenoxy) is 2. The van der Waals surface area contributed by atoms with E-state index in [4.69, 9.17) is 21.7 Å². The number of halogens is 1.